The Balaban J connectivity index is 2.05. The summed E-state index contributed by atoms with van der Waals surface area (Å²) in [6.45, 7) is 7.19. The number of hydrogen-bond acceptors (Lipinski definition) is 3. The van der Waals surface area contributed by atoms with E-state index in [9.17, 15) is 4.79 Å². The van der Waals surface area contributed by atoms with Gasteiger partial charge in [0.1, 0.15) is 5.60 Å². The van der Waals surface area contributed by atoms with Crippen molar-refractivity contribution in [1.29, 1.82) is 0 Å². The van der Waals surface area contributed by atoms with Gasteiger partial charge in [0.25, 0.3) is 0 Å². The van der Waals surface area contributed by atoms with Gasteiger partial charge in [0, 0.05) is 18.0 Å². The average Bonchev–Trinajstić information content (AvgIpc) is 2.28. The Hall–Kier alpha value is -0.770. The highest BCUT2D eigenvalue weighted by molar-refractivity contribution is 5.69. The van der Waals surface area contributed by atoms with Crippen LogP contribution in [0.4, 0.5) is 4.79 Å². The van der Waals surface area contributed by atoms with E-state index in [2.05, 4.69) is 0 Å². The summed E-state index contributed by atoms with van der Waals surface area (Å²) in [6.07, 6.45) is 4.31. The molecule has 3 rings (SSSR count). The van der Waals surface area contributed by atoms with Crippen LogP contribution in [0.3, 0.4) is 0 Å². The van der Waals surface area contributed by atoms with Crippen LogP contribution in [0.2, 0.25) is 0 Å². The van der Waals surface area contributed by atoms with Gasteiger partial charge in [-0.1, -0.05) is 0 Å². The lowest BCUT2D eigenvalue weighted by molar-refractivity contribution is -0.0397. The maximum atomic E-state index is 12.1. The molecule has 2 heterocycles. The monoisotopic (exact) mass is 240 g/mol. The molecule has 0 aromatic heterocycles. The van der Waals surface area contributed by atoms with Crippen LogP contribution in [0.25, 0.3) is 0 Å². The minimum Gasteiger partial charge on any atom is -0.444 e. The van der Waals surface area contributed by atoms with Crippen molar-refractivity contribution in [2.75, 3.05) is 13.1 Å². The number of piperidine rings is 2. The smallest absolute Gasteiger partial charge is 0.410 e. The molecule has 17 heavy (non-hydrogen) atoms. The summed E-state index contributed by atoms with van der Waals surface area (Å²) in [4.78, 5) is 14.0. The van der Waals surface area contributed by atoms with Crippen molar-refractivity contribution in [1.82, 2.24) is 4.90 Å². The van der Waals surface area contributed by atoms with E-state index in [4.69, 9.17) is 10.5 Å². The van der Waals surface area contributed by atoms with E-state index in [0.717, 1.165) is 32.2 Å². The highest BCUT2D eigenvalue weighted by Crippen LogP contribution is 2.44. The Bertz CT molecular complexity index is 301. The van der Waals surface area contributed by atoms with Crippen molar-refractivity contribution >= 4 is 6.09 Å². The molecule has 0 aromatic carbocycles. The zero-order valence-electron chi connectivity index (χ0n) is 11.2. The number of rotatable bonds is 1. The van der Waals surface area contributed by atoms with E-state index in [1.165, 1.54) is 0 Å². The van der Waals surface area contributed by atoms with Crippen LogP contribution in [-0.2, 0) is 4.74 Å². The topological polar surface area (TPSA) is 55.6 Å². The normalized spacial score (nSPS) is 32.7. The Kier molecular flexibility index (Phi) is 3.10. The highest BCUT2D eigenvalue weighted by Gasteiger charge is 2.46. The Morgan fingerprint density at radius 2 is 2.00 bits per heavy atom. The van der Waals surface area contributed by atoms with Crippen LogP contribution in [0.15, 0.2) is 0 Å². The molecule has 0 atom stereocenters. The number of nitrogens with zero attached hydrogens (tertiary/aromatic N) is 1. The lowest BCUT2D eigenvalue weighted by Crippen LogP contribution is -2.59. The quantitative estimate of drug-likeness (QED) is 0.764. The van der Waals surface area contributed by atoms with Crippen molar-refractivity contribution in [3.05, 3.63) is 0 Å². The summed E-state index contributed by atoms with van der Waals surface area (Å²) in [7, 11) is 0. The molecule has 4 heteroatoms. The van der Waals surface area contributed by atoms with Gasteiger partial charge in [0.2, 0.25) is 0 Å². The van der Waals surface area contributed by atoms with Gasteiger partial charge in [-0.25, -0.2) is 4.79 Å². The fourth-order valence-electron chi connectivity index (χ4n) is 2.98. The third-order valence-electron chi connectivity index (χ3n) is 4.02. The molecular weight excluding hydrogens is 216 g/mol. The molecule has 2 saturated heterocycles. The number of carbonyl (C=O) groups excluding carboxylic acids is 1. The van der Waals surface area contributed by atoms with Gasteiger partial charge in [0.05, 0.1) is 0 Å². The molecule has 0 spiro atoms. The van der Waals surface area contributed by atoms with Crippen LogP contribution in [0.1, 0.15) is 46.5 Å². The molecule has 2 bridgehead atoms. The Morgan fingerprint density at radius 1 is 1.41 bits per heavy atom. The molecule has 0 aromatic rings. The number of ether oxygens (including phenoxy) is 1. The number of nitrogens with two attached hydrogens (primary N) is 1. The molecule has 1 amide bonds. The zero-order valence-corrected chi connectivity index (χ0v) is 11.2. The lowest BCUT2D eigenvalue weighted by atomic mass is 9.68. The van der Waals surface area contributed by atoms with E-state index in [-0.39, 0.29) is 11.5 Å². The van der Waals surface area contributed by atoms with E-state index in [1.807, 2.05) is 25.7 Å². The van der Waals surface area contributed by atoms with Gasteiger partial charge in [-0.3, -0.25) is 0 Å². The van der Waals surface area contributed by atoms with Crippen LogP contribution < -0.4 is 5.73 Å². The lowest BCUT2D eigenvalue weighted by Gasteiger charge is -2.52. The molecular formula is C13H24N2O2. The maximum Gasteiger partial charge on any atom is 0.410 e. The number of carbonyl (C=O) groups is 1. The molecule has 2 N–H and O–H groups in total. The third kappa shape index (κ3) is 2.57. The second-order valence-corrected chi connectivity index (χ2v) is 6.54. The van der Waals surface area contributed by atoms with Crippen LogP contribution in [0, 0.1) is 5.41 Å². The first-order valence-electron chi connectivity index (χ1n) is 6.55. The summed E-state index contributed by atoms with van der Waals surface area (Å²) in [5.74, 6) is 0. The molecule has 1 saturated carbocycles. The van der Waals surface area contributed by atoms with Crippen molar-refractivity contribution in [3.8, 4) is 0 Å². The van der Waals surface area contributed by atoms with Crippen molar-refractivity contribution in [2.45, 2.75) is 58.1 Å². The summed E-state index contributed by atoms with van der Waals surface area (Å²) in [6, 6.07) is 0.373. The number of amides is 1. The van der Waals surface area contributed by atoms with Crippen LogP contribution >= 0.6 is 0 Å². The zero-order chi connectivity index (χ0) is 12.7. The predicted molar refractivity (Wildman–Crippen MR) is 66.7 cm³/mol. The largest absolute Gasteiger partial charge is 0.444 e. The minimum atomic E-state index is -0.413. The van der Waals surface area contributed by atoms with Gasteiger partial charge >= 0.3 is 6.09 Å². The molecule has 0 unspecified atom stereocenters. The van der Waals surface area contributed by atoms with E-state index < -0.39 is 5.60 Å². The molecule has 3 fully saturated rings. The minimum absolute atomic E-state index is 0.158. The van der Waals surface area contributed by atoms with E-state index in [0.29, 0.717) is 12.6 Å². The second kappa shape index (κ2) is 4.16. The van der Waals surface area contributed by atoms with Gasteiger partial charge in [-0.05, 0) is 53.0 Å². The van der Waals surface area contributed by atoms with Gasteiger partial charge in [-0.15, -0.1) is 0 Å². The number of fused-ring (bicyclic) bond motifs is 3. The number of hydrogen-bond donors (Lipinski definition) is 1. The van der Waals surface area contributed by atoms with Crippen molar-refractivity contribution < 1.29 is 9.53 Å². The summed E-state index contributed by atoms with van der Waals surface area (Å²) < 4.78 is 5.47. The van der Waals surface area contributed by atoms with Crippen LogP contribution in [0.5, 0.6) is 0 Å². The summed E-state index contributed by atoms with van der Waals surface area (Å²) in [5.41, 5.74) is 5.63. The first-order valence-corrected chi connectivity index (χ1v) is 6.55. The summed E-state index contributed by atoms with van der Waals surface area (Å²) in [5, 5.41) is 0. The van der Waals surface area contributed by atoms with Gasteiger partial charge in [0.15, 0.2) is 0 Å². The van der Waals surface area contributed by atoms with Crippen molar-refractivity contribution in [3.63, 3.8) is 0 Å². The molecule has 1 aliphatic carbocycles. The molecule has 98 valence electrons. The standard InChI is InChI=1S/C13H24N2O2/c1-12(2,3)17-11(16)15-9-13(8-14)6-4-10(15)5-7-13/h10H,4-9,14H2,1-3H3. The Labute approximate surface area is 103 Å². The molecule has 2 aliphatic heterocycles. The fourth-order valence-corrected chi connectivity index (χ4v) is 2.98. The van der Waals surface area contributed by atoms with E-state index >= 15 is 0 Å². The first-order chi connectivity index (χ1) is 7.85. The highest BCUT2D eigenvalue weighted by atomic mass is 16.6. The maximum absolute atomic E-state index is 12.1. The summed E-state index contributed by atoms with van der Waals surface area (Å²) >= 11 is 0. The molecule has 0 radical (unpaired) electrons. The van der Waals surface area contributed by atoms with Crippen molar-refractivity contribution in [2.24, 2.45) is 11.1 Å². The van der Waals surface area contributed by atoms with Gasteiger partial charge in [-0.2, -0.15) is 0 Å². The third-order valence-corrected chi connectivity index (χ3v) is 4.02. The first kappa shape index (κ1) is 12.7. The average molecular weight is 240 g/mol. The van der Waals surface area contributed by atoms with Gasteiger partial charge < -0.3 is 15.4 Å². The van der Waals surface area contributed by atoms with Crippen LogP contribution in [-0.4, -0.2) is 35.7 Å². The van der Waals surface area contributed by atoms with E-state index in [1.54, 1.807) is 0 Å². The predicted octanol–water partition coefficient (Wildman–Crippen LogP) is 2.12. The fraction of sp³-hybridized carbons (Fsp3) is 0.923. The molecule has 3 aliphatic rings. The Morgan fingerprint density at radius 3 is 2.47 bits per heavy atom. The SMILES string of the molecule is CC(C)(C)OC(=O)N1CC2(CN)CCC1CC2. The molecule has 4 nitrogen and oxygen atoms in total. The second-order valence-electron chi connectivity index (χ2n) is 6.54.